The van der Waals surface area contributed by atoms with Gasteiger partial charge in [0.15, 0.2) is 23.8 Å². The molecule has 1 aromatic heterocycles. The number of carbonyl (C=O) groups excluding carboxylic acids is 3. The fourth-order valence-corrected chi connectivity index (χ4v) is 24.7. The Balaban J connectivity index is 0.997. The molecular weight excluding hydrogens is 1270 g/mol. The summed E-state index contributed by atoms with van der Waals surface area (Å²) in [4.78, 5) is 54.4. The summed E-state index contributed by atoms with van der Waals surface area (Å²) in [6, 6.07) is 17.4. The lowest BCUT2D eigenvalue weighted by Crippen LogP contribution is -2.67. The highest BCUT2D eigenvalue weighted by molar-refractivity contribution is 8.76. The number of cyclic esters (lactones) is 1. The van der Waals surface area contributed by atoms with E-state index in [1.165, 1.54) is 27.2 Å². The average molecular weight is 1370 g/mol. The second kappa shape index (κ2) is 28.0. The number of aromatic hydroxyl groups is 1. The molecule has 10 aliphatic rings. The summed E-state index contributed by atoms with van der Waals surface area (Å²) in [5, 5.41) is 120. The molecule has 0 spiro atoms. The molecule has 3 aromatic rings. The largest absolute Gasteiger partial charge is 0.508 e. The number of allylic oxidation sites excluding steroid dienone is 3. The van der Waals surface area contributed by atoms with Crippen molar-refractivity contribution in [1.82, 2.24) is 15.6 Å². The minimum absolute atomic E-state index is 0.000117. The standard InChI is InChI=1S/C77H103N5O13S2/c1-5-60-62(63(71(92)95-60)47-25-30-79-38-47)45-12-11-13-46-36-77(94)65-56(73(3)37-59(86)67(88)55-41-97-96-40-48(43-18-21-50(84)22-19-43)34-58(85)57(39-83)81-66(65)68(89)64(55)73)24-28-75(77,29-31-80-72(78)82-76(26-9-10-27-76)49-14-7-6-8-15-49)69(46)74(4,93)61(87)35-54(70(90)91)51-23-20-44-17-16-42(2)32-52(44)53(51)33-45/h6-8,14-15,18-22,25,30,38,42,45-46,48,51-57,59-64,67,69-70,79,81,83-84,86-88,90-91,93-94H,5,9-10,13,16-17,23-24,26-29,31-37,39-41H2,1-4H3,(H3,78,80,82). The van der Waals surface area contributed by atoms with E-state index in [0.29, 0.717) is 30.9 Å². The number of phenols is 1. The third-order valence-corrected chi connectivity index (χ3v) is 29.1. The van der Waals surface area contributed by atoms with Crippen molar-refractivity contribution in [2.75, 3.05) is 24.7 Å². The van der Waals surface area contributed by atoms with E-state index in [4.69, 9.17) is 15.5 Å². The fraction of sp³-hybridized carbons (Fsp3) is 0.662. The Labute approximate surface area is 578 Å². The molecule has 0 radical (unpaired) electrons. The molecule has 0 amide bonds. The molecular formula is C77H103N5O13S2. The lowest BCUT2D eigenvalue weighted by atomic mass is 9.43. The number of aromatic nitrogens is 1. The molecule has 23 unspecified atom stereocenters. The van der Waals surface area contributed by atoms with Crippen molar-refractivity contribution in [3.05, 3.63) is 113 Å². The van der Waals surface area contributed by atoms with E-state index >= 15 is 14.7 Å². The van der Waals surface area contributed by atoms with Gasteiger partial charge >= 0.3 is 5.97 Å². The minimum atomic E-state index is -2.13. The van der Waals surface area contributed by atoms with Gasteiger partial charge in [0.05, 0.1) is 53.3 Å². The Bertz CT molecular complexity index is 3510. The molecule has 23 atom stereocenters. The van der Waals surface area contributed by atoms with Crippen LogP contribution in [0.5, 0.6) is 5.75 Å². The first-order chi connectivity index (χ1) is 46.5. The highest BCUT2D eigenvalue weighted by Gasteiger charge is 2.75. The summed E-state index contributed by atoms with van der Waals surface area (Å²) in [5.74, 6) is 0.0443. The van der Waals surface area contributed by atoms with E-state index in [1.54, 1.807) is 37.4 Å². The number of nitrogens with two attached hydrogens (primary N) is 1. The van der Waals surface area contributed by atoms with Gasteiger partial charge in [0.25, 0.3) is 0 Å². The van der Waals surface area contributed by atoms with Crippen molar-refractivity contribution in [3.63, 3.8) is 0 Å². The molecule has 2 bridgehead atoms. The summed E-state index contributed by atoms with van der Waals surface area (Å²) in [7, 11) is 2.95. The minimum Gasteiger partial charge on any atom is -0.508 e. The lowest BCUT2D eigenvalue weighted by Gasteiger charge is -2.63. The molecule has 97 heavy (non-hydrogen) atoms. The van der Waals surface area contributed by atoms with E-state index in [9.17, 15) is 45.6 Å². The molecule has 20 heteroatoms. The van der Waals surface area contributed by atoms with Gasteiger partial charge in [-0.1, -0.05) is 115 Å². The summed E-state index contributed by atoms with van der Waals surface area (Å²) >= 11 is 0. The normalized spacial score (nSPS) is 41.6. The Morgan fingerprint density at radius 1 is 0.907 bits per heavy atom. The molecule has 14 N–H and O–H groups in total. The number of ketones is 2. The second-order valence-corrected chi connectivity index (χ2v) is 34.2. The summed E-state index contributed by atoms with van der Waals surface area (Å²) in [5.41, 5.74) is 3.98. The zero-order valence-corrected chi connectivity index (χ0v) is 58.2. The van der Waals surface area contributed by atoms with Gasteiger partial charge in [0.1, 0.15) is 17.9 Å². The predicted molar refractivity (Wildman–Crippen MR) is 373 cm³/mol. The van der Waals surface area contributed by atoms with E-state index in [2.05, 4.69) is 52.6 Å². The van der Waals surface area contributed by atoms with Crippen LogP contribution in [0.25, 0.3) is 0 Å². The van der Waals surface area contributed by atoms with Crippen LogP contribution in [-0.2, 0) is 24.7 Å². The van der Waals surface area contributed by atoms with Gasteiger partial charge in [-0.15, -0.1) is 5.92 Å². The van der Waals surface area contributed by atoms with Gasteiger partial charge in [0, 0.05) is 90.1 Å². The number of Topliss-reactive ketones (excluding diaryl/α,β-unsaturated/α-hetero) is 2. The number of carbonyl (C=O) groups is 3. The van der Waals surface area contributed by atoms with Crippen molar-refractivity contribution >= 4 is 45.1 Å². The Kier molecular flexibility index (Phi) is 20.3. The highest BCUT2D eigenvalue weighted by atomic mass is 33.1. The van der Waals surface area contributed by atoms with Crippen molar-refractivity contribution in [1.29, 1.82) is 0 Å². The molecule has 2 saturated heterocycles. The monoisotopic (exact) mass is 1370 g/mol. The number of phenolic OH excluding ortho intramolecular Hbond substituents is 1. The van der Waals surface area contributed by atoms with E-state index in [-0.39, 0.29) is 104 Å². The molecule has 5 saturated carbocycles. The zero-order valence-electron chi connectivity index (χ0n) is 56.6. The van der Waals surface area contributed by atoms with Gasteiger partial charge in [-0.25, -0.2) is 0 Å². The van der Waals surface area contributed by atoms with Gasteiger partial charge in [-0.3, -0.25) is 19.4 Å². The molecule has 2 aliphatic heterocycles. The number of aromatic amines is 1. The lowest BCUT2D eigenvalue weighted by molar-refractivity contribution is -0.200. The first-order valence-corrected chi connectivity index (χ1v) is 38.7. The van der Waals surface area contributed by atoms with Crippen LogP contribution in [0.2, 0.25) is 0 Å². The van der Waals surface area contributed by atoms with Gasteiger partial charge in [0.2, 0.25) is 0 Å². The van der Waals surface area contributed by atoms with E-state index in [1.807, 2.05) is 44.3 Å². The number of nitrogens with one attached hydrogen (secondary N) is 3. The maximum Gasteiger partial charge on any atom is 0.314 e. The van der Waals surface area contributed by atoms with E-state index in [0.717, 1.165) is 61.6 Å². The van der Waals surface area contributed by atoms with Gasteiger partial charge in [-0.2, -0.15) is 0 Å². The van der Waals surface area contributed by atoms with Crippen LogP contribution < -0.4 is 16.4 Å². The number of rotatable bonds is 11. The van der Waals surface area contributed by atoms with Gasteiger partial charge < -0.3 is 72.0 Å². The third-order valence-electron chi connectivity index (χ3n) is 26.5. The zero-order chi connectivity index (χ0) is 68.5. The number of hydrogen-bond acceptors (Lipinski definition) is 17. The molecule has 18 nitrogen and oxygen atoms in total. The quantitative estimate of drug-likeness (QED) is 0.0163. The van der Waals surface area contributed by atoms with Gasteiger partial charge in [-0.05, 0) is 178 Å². The summed E-state index contributed by atoms with van der Waals surface area (Å²) in [6.45, 7) is 7.14. The summed E-state index contributed by atoms with van der Waals surface area (Å²) in [6.07, 6.45) is 7.44. The highest BCUT2D eigenvalue weighted by Crippen LogP contribution is 2.73. The van der Waals surface area contributed by atoms with Crippen LogP contribution >= 0.6 is 21.6 Å². The summed E-state index contributed by atoms with van der Waals surface area (Å²) < 4.78 is 6.34. The van der Waals surface area contributed by atoms with Crippen LogP contribution in [0.3, 0.4) is 0 Å². The van der Waals surface area contributed by atoms with Crippen molar-refractivity contribution in [2.24, 2.45) is 92.6 Å². The molecule has 7 fully saturated rings. The number of aliphatic imine (C=N–C) groups is 1. The SMILES string of the molecule is CCC1OC(=O)C(c2cc[nH]c2)C1C1C#CCC2CC3(O)C4=C5NC(CO)C(=O)CC(c6ccc(O)cc6)CSSCC6C(O)C(O)CC(C)(C4CCC3(CCN=C(N)NC3(c4ccccc4)CCCC3)C2C(C)(O)C(O)CC(C(O)O)C2CC=C3CCC(C)CC3C2C1)C6C5=O. The van der Waals surface area contributed by atoms with Crippen molar-refractivity contribution < 1.29 is 65.1 Å². The van der Waals surface area contributed by atoms with Crippen molar-refractivity contribution in [2.45, 2.75) is 209 Å². The maximum atomic E-state index is 16.6. The Morgan fingerprint density at radius 3 is 2.37 bits per heavy atom. The number of aliphatic hydroxyl groups is 8. The molecule has 2 aromatic carbocycles. The predicted octanol–water partition coefficient (Wildman–Crippen LogP) is 8.41. The molecule has 8 aliphatic carbocycles. The number of nitrogens with zero attached hydrogens (tertiary/aromatic N) is 1. The second-order valence-electron chi connectivity index (χ2n) is 31.7. The number of aliphatic hydroxyl groups excluding tert-OH is 5. The average Bonchev–Trinajstić information content (AvgIpc) is 1.67. The first kappa shape index (κ1) is 70.3. The number of guanidine groups is 1. The van der Waals surface area contributed by atoms with Crippen LogP contribution in [0.1, 0.15) is 172 Å². The van der Waals surface area contributed by atoms with E-state index < -0.39 is 148 Å². The van der Waals surface area contributed by atoms with Crippen molar-refractivity contribution in [3.8, 4) is 17.6 Å². The Morgan fingerprint density at radius 2 is 1.66 bits per heavy atom. The third kappa shape index (κ3) is 12.6. The topological polar surface area (TPSA) is 321 Å². The number of hydrogen-bond donors (Lipinski definition) is 13. The first-order valence-electron chi connectivity index (χ1n) is 36.2. The number of esters is 1. The van der Waals surface area contributed by atoms with Crippen LogP contribution in [0.15, 0.2) is 101 Å². The molecule has 3 heterocycles. The number of H-pyrrole nitrogens is 1. The molecule has 13 rings (SSSR count). The number of fused-ring (bicyclic) bond motifs is 10. The molecule has 526 valence electrons. The van der Waals surface area contributed by atoms with Crippen LogP contribution in [0, 0.1) is 93.7 Å². The maximum absolute atomic E-state index is 16.6. The number of ether oxygens (including phenoxy) is 1. The smallest absolute Gasteiger partial charge is 0.314 e. The number of benzene rings is 2. The Hall–Kier alpha value is -5.18. The van der Waals surface area contributed by atoms with Crippen LogP contribution in [-0.4, -0.2) is 147 Å². The fourth-order valence-electron chi connectivity index (χ4n) is 22.0. The van der Waals surface area contributed by atoms with Crippen LogP contribution in [0.4, 0.5) is 0 Å².